The molecule has 7 nitrogen and oxygen atoms in total. The largest absolute Gasteiger partial charge is 0.453 e. The van der Waals surface area contributed by atoms with E-state index in [1.807, 2.05) is 29.8 Å². The number of nitrogens with one attached hydrogen (secondary N) is 1. The standard InChI is InChI=1S/C19H20F3N7/c1-10-8-14(29-17(23-10)26-15(27-29)19(20,21)22)24-11-6-7-13-12(9-11)25-16(28(13)5)18(2,3)4/h6-9,24H,1-5H3. The molecular weight excluding hydrogens is 383 g/mol. The first-order valence-electron chi connectivity index (χ1n) is 8.99. The van der Waals surface area contributed by atoms with Crippen molar-refractivity contribution in [2.75, 3.05) is 5.32 Å². The van der Waals surface area contributed by atoms with Gasteiger partial charge in [0.25, 0.3) is 11.6 Å². The summed E-state index contributed by atoms with van der Waals surface area (Å²) < 4.78 is 42.1. The smallest absolute Gasteiger partial charge is 0.340 e. The molecule has 29 heavy (non-hydrogen) atoms. The average molecular weight is 403 g/mol. The molecule has 0 spiro atoms. The summed E-state index contributed by atoms with van der Waals surface area (Å²) in [5.41, 5.74) is 2.84. The van der Waals surface area contributed by atoms with Gasteiger partial charge in [0.2, 0.25) is 0 Å². The van der Waals surface area contributed by atoms with E-state index < -0.39 is 12.0 Å². The SMILES string of the molecule is Cc1cc(Nc2ccc3c(c2)nc(C(C)(C)C)n3C)n2nc(C(F)(F)F)nc2n1. The molecule has 1 N–H and O–H groups in total. The van der Waals surface area contributed by atoms with E-state index in [2.05, 4.69) is 41.2 Å². The molecule has 3 aromatic heterocycles. The quantitative estimate of drug-likeness (QED) is 0.538. The van der Waals surface area contributed by atoms with Crippen molar-refractivity contribution in [1.82, 2.24) is 29.1 Å². The number of nitrogens with zero attached hydrogens (tertiary/aromatic N) is 6. The van der Waals surface area contributed by atoms with Crippen LogP contribution in [0.2, 0.25) is 0 Å². The van der Waals surface area contributed by atoms with Crippen molar-refractivity contribution < 1.29 is 13.2 Å². The topological polar surface area (TPSA) is 72.9 Å². The van der Waals surface area contributed by atoms with Gasteiger partial charge in [0.15, 0.2) is 0 Å². The number of hydrogen-bond acceptors (Lipinski definition) is 5. The van der Waals surface area contributed by atoms with E-state index in [-0.39, 0.29) is 11.2 Å². The number of benzene rings is 1. The fraction of sp³-hybridized carbons (Fsp3) is 0.368. The van der Waals surface area contributed by atoms with Crippen LogP contribution in [-0.2, 0) is 18.6 Å². The Balaban J connectivity index is 1.78. The third kappa shape index (κ3) is 3.39. The molecule has 0 aliphatic rings. The summed E-state index contributed by atoms with van der Waals surface area (Å²) in [5.74, 6) is -0.0675. The molecule has 0 unspecified atom stereocenters. The molecule has 3 heterocycles. The van der Waals surface area contributed by atoms with Gasteiger partial charge in [-0.25, -0.2) is 9.97 Å². The molecule has 0 amide bonds. The number of hydrogen-bond donors (Lipinski definition) is 1. The van der Waals surface area contributed by atoms with Gasteiger partial charge in [-0.1, -0.05) is 20.8 Å². The second kappa shape index (κ2) is 6.16. The number of imidazole rings is 1. The first kappa shape index (κ1) is 19.2. The number of aromatic nitrogens is 6. The van der Waals surface area contributed by atoms with Crippen molar-refractivity contribution in [2.45, 2.75) is 39.3 Å². The van der Waals surface area contributed by atoms with Crippen LogP contribution in [0, 0.1) is 6.92 Å². The lowest BCUT2D eigenvalue weighted by Crippen LogP contribution is -2.17. The third-order valence-corrected chi connectivity index (χ3v) is 4.52. The number of halogens is 3. The molecule has 0 saturated carbocycles. The molecule has 0 aliphatic carbocycles. The van der Waals surface area contributed by atoms with E-state index in [1.165, 1.54) is 0 Å². The highest BCUT2D eigenvalue weighted by molar-refractivity contribution is 5.81. The minimum atomic E-state index is -4.64. The first-order chi connectivity index (χ1) is 13.4. The molecule has 4 aromatic rings. The van der Waals surface area contributed by atoms with Crippen molar-refractivity contribution in [1.29, 1.82) is 0 Å². The van der Waals surface area contributed by atoms with Gasteiger partial charge in [-0.2, -0.15) is 22.7 Å². The van der Waals surface area contributed by atoms with Gasteiger partial charge in [0, 0.05) is 29.9 Å². The van der Waals surface area contributed by atoms with Crippen molar-refractivity contribution in [3.05, 3.63) is 41.6 Å². The Morgan fingerprint density at radius 2 is 1.72 bits per heavy atom. The lowest BCUT2D eigenvalue weighted by Gasteiger charge is -2.17. The van der Waals surface area contributed by atoms with Crippen LogP contribution in [0.5, 0.6) is 0 Å². The molecular formula is C19H20F3N7. The van der Waals surface area contributed by atoms with E-state index in [9.17, 15) is 13.2 Å². The van der Waals surface area contributed by atoms with Gasteiger partial charge in [-0.05, 0) is 25.1 Å². The predicted molar refractivity (Wildman–Crippen MR) is 103 cm³/mol. The van der Waals surface area contributed by atoms with Gasteiger partial charge in [0.05, 0.1) is 11.0 Å². The number of fused-ring (bicyclic) bond motifs is 2. The normalized spacial score (nSPS) is 12.8. The lowest BCUT2D eigenvalue weighted by molar-refractivity contribution is -0.144. The number of alkyl halides is 3. The summed E-state index contributed by atoms with van der Waals surface area (Å²) >= 11 is 0. The molecule has 152 valence electrons. The first-order valence-corrected chi connectivity index (χ1v) is 8.99. The van der Waals surface area contributed by atoms with Crippen molar-refractivity contribution in [2.24, 2.45) is 7.05 Å². The fourth-order valence-electron chi connectivity index (χ4n) is 3.29. The van der Waals surface area contributed by atoms with E-state index in [1.54, 1.807) is 13.0 Å². The molecule has 4 rings (SSSR count). The third-order valence-electron chi connectivity index (χ3n) is 4.52. The average Bonchev–Trinajstić information content (AvgIpc) is 3.16. The molecule has 10 heteroatoms. The highest BCUT2D eigenvalue weighted by atomic mass is 19.4. The lowest BCUT2D eigenvalue weighted by atomic mass is 9.96. The predicted octanol–water partition coefficient (Wildman–Crippen LogP) is 4.38. The van der Waals surface area contributed by atoms with Gasteiger partial charge in [-0.3, -0.25) is 0 Å². The molecule has 0 atom stereocenters. The Kier molecular flexibility index (Phi) is 4.07. The summed E-state index contributed by atoms with van der Waals surface area (Å²) in [5, 5.41) is 6.69. The van der Waals surface area contributed by atoms with Gasteiger partial charge >= 0.3 is 6.18 Å². The number of aryl methyl sites for hydroxylation is 2. The number of rotatable bonds is 2. The van der Waals surface area contributed by atoms with Crippen LogP contribution < -0.4 is 5.32 Å². The van der Waals surface area contributed by atoms with E-state index in [0.717, 1.165) is 21.4 Å². The van der Waals surface area contributed by atoms with Crippen LogP contribution in [0.4, 0.5) is 24.7 Å². The summed E-state index contributed by atoms with van der Waals surface area (Å²) in [4.78, 5) is 12.3. The second-order valence-electron chi connectivity index (χ2n) is 8.00. The second-order valence-corrected chi connectivity index (χ2v) is 8.00. The summed E-state index contributed by atoms with van der Waals surface area (Å²) in [6, 6.07) is 7.24. The Bertz CT molecular complexity index is 1230. The van der Waals surface area contributed by atoms with Crippen LogP contribution in [-0.4, -0.2) is 29.1 Å². The van der Waals surface area contributed by atoms with Crippen molar-refractivity contribution in [3.63, 3.8) is 0 Å². The van der Waals surface area contributed by atoms with Crippen LogP contribution in [0.15, 0.2) is 24.3 Å². The maximum absolute atomic E-state index is 13.0. The monoisotopic (exact) mass is 403 g/mol. The van der Waals surface area contributed by atoms with Crippen molar-refractivity contribution in [3.8, 4) is 0 Å². The van der Waals surface area contributed by atoms with Gasteiger partial charge < -0.3 is 9.88 Å². The molecule has 0 radical (unpaired) electrons. The highest BCUT2D eigenvalue weighted by Crippen LogP contribution is 2.29. The Hall–Kier alpha value is -3.17. The number of anilines is 2. The highest BCUT2D eigenvalue weighted by Gasteiger charge is 2.36. The maximum Gasteiger partial charge on any atom is 0.453 e. The zero-order valence-electron chi connectivity index (χ0n) is 16.6. The van der Waals surface area contributed by atoms with Crippen LogP contribution >= 0.6 is 0 Å². The van der Waals surface area contributed by atoms with E-state index in [4.69, 9.17) is 4.98 Å². The van der Waals surface area contributed by atoms with Crippen LogP contribution in [0.1, 0.15) is 38.1 Å². The van der Waals surface area contributed by atoms with E-state index in [0.29, 0.717) is 17.2 Å². The summed E-state index contributed by atoms with van der Waals surface area (Å²) in [6.07, 6.45) is -4.64. The molecule has 0 fully saturated rings. The Labute approximate surface area is 164 Å². The zero-order chi connectivity index (χ0) is 21.1. The summed E-state index contributed by atoms with van der Waals surface area (Å²) in [6.45, 7) is 7.96. The van der Waals surface area contributed by atoms with E-state index >= 15 is 0 Å². The molecule has 0 saturated heterocycles. The van der Waals surface area contributed by atoms with Gasteiger partial charge in [0.1, 0.15) is 11.6 Å². The molecule has 1 aromatic carbocycles. The van der Waals surface area contributed by atoms with Crippen molar-refractivity contribution >= 4 is 28.3 Å². The van der Waals surface area contributed by atoms with Crippen LogP contribution in [0.25, 0.3) is 16.8 Å². The minimum absolute atomic E-state index is 0.117. The summed E-state index contributed by atoms with van der Waals surface area (Å²) in [7, 11) is 1.97. The Morgan fingerprint density at radius 3 is 2.38 bits per heavy atom. The zero-order valence-corrected chi connectivity index (χ0v) is 16.6. The minimum Gasteiger partial charge on any atom is -0.340 e. The van der Waals surface area contributed by atoms with Gasteiger partial charge in [-0.15, -0.1) is 5.10 Å². The fourth-order valence-corrected chi connectivity index (χ4v) is 3.29. The Morgan fingerprint density at radius 1 is 1.00 bits per heavy atom. The maximum atomic E-state index is 13.0. The molecule has 0 aliphatic heterocycles. The van der Waals surface area contributed by atoms with Crippen LogP contribution in [0.3, 0.4) is 0 Å². The molecule has 0 bridgehead atoms.